The van der Waals surface area contributed by atoms with Crippen LogP contribution in [0.4, 0.5) is 0 Å². The van der Waals surface area contributed by atoms with Gasteiger partial charge in [0.25, 0.3) is 0 Å². The number of carbonyl (C=O) groups excluding carboxylic acids is 1. The number of hydrogen-bond acceptors (Lipinski definition) is 3. The topological polar surface area (TPSA) is 26.3 Å². The Bertz CT molecular complexity index is 629. The Kier molecular flexibility index (Phi) is 5.35. The van der Waals surface area contributed by atoms with Crippen molar-refractivity contribution in [2.24, 2.45) is 0 Å². The van der Waals surface area contributed by atoms with E-state index in [1.54, 1.807) is 37.1 Å². The monoisotopic (exact) mass is 326 g/mol. The summed E-state index contributed by atoms with van der Waals surface area (Å²) in [5.41, 5.74) is 1.60. The molecule has 0 radical (unpaired) electrons. The van der Waals surface area contributed by atoms with E-state index in [-0.39, 0.29) is 0 Å². The number of carbonyl (C=O) groups is 1. The van der Waals surface area contributed by atoms with E-state index in [1.807, 2.05) is 18.2 Å². The summed E-state index contributed by atoms with van der Waals surface area (Å²) < 4.78 is 5.30. The first-order valence-corrected chi connectivity index (χ1v) is 7.58. The summed E-state index contributed by atoms with van der Waals surface area (Å²) in [6.07, 6.45) is 0.826. The predicted molar refractivity (Wildman–Crippen MR) is 84.4 cm³/mol. The standard InChI is InChI=1S/C15H12Cl2O2S/c1-19-15-5-2-10(8-18)6-11(15)9-20-12-3-4-13(16)14(17)7-12/h2-8H,9H2,1H3. The third-order valence-electron chi connectivity index (χ3n) is 2.73. The van der Waals surface area contributed by atoms with E-state index in [2.05, 4.69) is 0 Å². The van der Waals surface area contributed by atoms with Gasteiger partial charge in [0.2, 0.25) is 0 Å². The van der Waals surface area contributed by atoms with Crippen molar-refractivity contribution < 1.29 is 9.53 Å². The molecule has 0 atom stereocenters. The lowest BCUT2D eigenvalue weighted by Crippen LogP contribution is -1.92. The molecule has 2 nitrogen and oxygen atoms in total. The second kappa shape index (κ2) is 7.02. The largest absolute Gasteiger partial charge is 0.496 e. The van der Waals surface area contributed by atoms with Crippen LogP contribution in [-0.2, 0) is 5.75 Å². The fourth-order valence-corrected chi connectivity index (χ4v) is 2.99. The zero-order valence-electron chi connectivity index (χ0n) is 10.7. The highest BCUT2D eigenvalue weighted by Gasteiger charge is 2.06. The first kappa shape index (κ1) is 15.2. The lowest BCUT2D eigenvalue weighted by atomic mass is 10.1. The minimum absolute atomic E-state index is 0.533. The van der Waals surface area contributed by atoms with E-state index in [1.165, 1.54) is 0 Å². The Morgan fingerprint density at radius 2 is 1.95 bits per heavy atom. The van der Waals surface area contributed by atoms with Crippen LogP contribution in [0, 0.1) is 0 Å². The molecule has 0 spiro atoms. The van der Waals surface area contributed by atoms with Crippen molar-refractivity contribution in [1.29, 1.82) is 0 Å². The number of ether oxygens (including phenoxy) is 1. The first-order valence-electron chi connectivity index (χ1n) is 5.84. The number of benzene rings is 2. The molecule has 0 N–H and O–H groups in total. The van der Waals surface area contributed by atoms with Crippen molar-refractivity contribution >= 4 is 41.2 Å². The van der Waals surface area contributed by atoms with E-state index in [0.717, 1.165) is 22.5 Å². The Morgan fingerprint density at radius 1 is 1.15 bits per heavy atom. The van der Waals surface area contributed by atoms with E-state index in [0.29, 0.717) is 21.4 Å². The summed E-state index contributed by atoms with van der Waals surface area (Å²) in [5, 5.41) is 1.07. The van der Waals surface area contributed by atoms with Crippen molar-refractivity contribution in [3.8, 4) is 5.75 Å². The molecule has 2 aromatic carbocycles. The van der Waals surface area contributed by atoms with Crippen LogP contribution in [0.25, 0.3) is 0 Å². The third-order valence-corrected chi connectivity index (χ3v) is 4.51. The molecule has 0 aliphatic carbocycles. The van der Waals surface area contributed by atoms with Gasteiger partial charge in [-0.2, -0.15) is 0 Å². The Labute approximate surface area is 132 Å². The highest BCUT2D eigenvalue weighted by molar-refractivity contribution is 7.98. The van der Waals surface area contributed by atoms with Crippen LogP contribution in [0.3, 0.4) is 0 Å². The molecule has 0 saturated heterocycles. The fraction of sp³-hybridized carbons (Fsp3) is 0.133. The molecular formula is C15H12Cl2O2S. The molecule has 0 amide bonds. The van der Waals surface area contributed by atoms with Crippen LogP contribution in [0.2, 0.25) is 10.0 Å². The number of thioether (sulfide) groups is 1. The summed E-state index contributed by atoms with van der Waals surface area (Å²) in [7, 11) is 1.61. The second-order valence-corrected chi connectivity index (χ2v) is 5.92. The Balaban J connectivity index is 2.17. The average Bonchev–Trinajstić information content (AvgIpc) is 2.48. The van der Waals surface area contributed by atoms with E-state index in [4.69, 9.17) is 27.9 Å². The van der Waals surface area contributed by atoms with Gasteiger partial charge in [0.1, 0.15) is 12.0 Å². The summed E-state index contributed by atoms with van der Waals surface area (Å²) >= 11 is 13.5. The van der Waals surface area contributed by atoms with Crippen molar-refractivity contribution in [3.05, 3.63) is 57.6 Å². The number of rotatable bonds is 5. The fourth-order valence-electron chi connectivity index (χ4n) is 1.71. The molecule has 20 heavy (non-hydrogen) atoms. The van der Waals surface area contributed by atoms with Gasteiger partial charge in [0.15, 0.2) is 0 Å². The smallest absolute Gasteiger partial charge is 0.150 e. The van der Waals surface area contributed by atoms with E-state index in [9.17, 15) is 4.79 Å². The lowest BCUT2D eigenvalue weighted by molar-refractivity contribution is 0.112. The van der Waals surface area contributed by atoms with Crippen LogP contribution in [0.15, 0.2) is 41.3 Å². The van der Waals surface area contributed by atoms with Crippen LogP contribution in [0.5, 0.6) is 5.75 Å². The zero-order chi connectivity index (χ0) is 14.5. The first-order chi connectivity index (χ1) is 9.63. The highest BCUT2D eigenvalue weighted by Crippen LogP contribution is 2.32. The quantitative estimate of drug-likeness (QED) is 0.564. The average molecular weight is 327 g/mol. The van der Waals surface area contributed by atoms with Gasteiger partial charge in [-0.1, -0.05) is 23.2 Å². The van der Waals surface area contributed by atoms with Gasteiger partial charge in [0.05, 0.1) is 17.2 Å². The van der Waals surface area contributed by atoms with Crippen LogP contribution in [-0.4, -0.2) is 13.4 Å². The SMILES string of the molecule is COc1ccc(C=O)cc1CSc1ccc(Cl)c(Cl)c1. The molecule has 0 aliphatic heterocycles. The van der Waals surface area contributed by atoms with Gasteiger partial charge < -0.3 is 4.74 Å². The van der Waals surface area contributed by atoms with Crippen molar-refractivity contribution in [2.75, 3.05) is 7.11 Å². The molecule has 104 valence electrons. The maximum Gasteiger partial charge on any atom is 0.150 e. The van der Waals surface area contributed by atoms with Crippen LogP contribution in [0.1, 0.15) is 15.9 Å². The molecule has 0 fully saturated rings. The van der Waals surface area contributed by atoms with E-state index < -0.39 is 0 Å². The Hall–Kier alpha value is -1.16. The number of halogens is 2. The van der Waals surface area contributed by atoms with Crippen molar-refractivity contribution in [3.63, 3.8) is 0 Å². The molecule has 2 rings (SSSR count). The Morgan fingerprint density at radius 3 is 2.60 bits per heavy atom. The molecule has 0 unspecified atom stereocenters. The predicted octanol–water partition coefficient (Wildman–Crippen LogP) is 5.11. The molecule has 0 saturated carbocycles. The minimum Gasteiger partial charge on any atom is -0.496 e. The summed E-state index contributed by atoms with van der Waals surface area (Å²) in [4.78, 5) is 11.8. The van der Waals surface area contributed by atoms with Crippen molar-refractivity contribution in [2.45, 2.75) is 10.6 Å². The summed E-state index contributed by atoms with van der Waals surface area (Å²) in [5.74, 6) is 1.45. The van der Waals surface area contributed by atoms with Gasteiger partial charge in [-0.05, 0) is 36.4 Å². The minimum atomic E-state index is 0.533. The third kappa shape index (κ3) is 3.69. The van der Waals surface area contributed by atoms with Gasteiger partial charge >= 0.3 is 0 Å². The summed E-state index contributed by atoms with van der Waals surface area (Å²) in [6, 6.07) is 10.9. The van der Waals surface area contributed by atoms with Gasteiger partial charge in [-0.3, -0.25) is 4.79 Å². The maximum absolute atomic E-state index is 10.8. The number of aldehydes is 1. The second-order valence-electron chi connectivity index (χ2n) is 4.05. The molecule has 5 heteroatoms. The molecule has 0 heterocycles. The van der Waals surface area contributed by atoms with Crippen LogP contribution < -0.4 is 4.74 Å². The highest BCUT2D eigenvalue weighted by atomic mass is 35.5. The van der Waals surface area contributed by atoms with Crippen LogP contribution >= 0.6 is 35.0 Å². The van der Waals surface area contributed by atoms with E-state index >= 15 is 0 Å². The normalized spacial score (nSPS) is 10.3. The summed E-state index contributed by atoms with van der Waals surface area (Å²) in [6.45, 7) is 0. The van der Waals surface area contributed by atoms with Gasteiger partial charge in [-0.25, -0.2) is 0 Å². The zero-order valence-corrected chi connectivity index (χ0v) is 13.1. The number of hydrogen-bond donors (Lipinski definition) is 0. The molecular weight excluding hydrogens is 315 g/mol. The van der Waals surface area contributed by atoms with Gasteiger partial charge in [-0.15, -0.1) is 11.8 Å². The molecule has 0 aliphatic rings. The molecule has 2 aromatic rings. The lowest BCUT2D eigenvalue weighted by Gasteiger charge is -2.09. The molecule has 0 aromatic heterocycles. The molecule has 0 bridgehead atoms. The maximum atomic E-state index is 10.8. The number of methoxy groups -OCH3 is 1. The van der Waals surface area contributed by atoms with Crippen molar-refractivity contribution in [1.82, 2.24) is 0 Å². The van der Waals surface area contributed by atoms with Gasteiger partial charge in [0, 0.05) is 21.8 Å².